The van der Waals surface area contributed by atoms with E-state index in [4.69, 9.17) is 0 Å². The Morgan fingerprint density at radius 3 is 2.45 bits per heavy atom. The van der Waals surface area contributed by atoms with E-state index in [9.17, 15) is 4.79 Å². The van der Waals surface area contributed by atoms with Crippen molar-refractivity contribution >= 4 is 5.78 Å². The zero-order valence-electron chi connectivity index (χ0n) is 13.3. The zero-order chi connectivity index (χ0) is 15.0. The lowest BCUT2D eigenvalue weighted by Gasteiger charge is -2.17. The zero-order valence-corrected chi connectivity index (χ0v) is 13.3. The van der Waals surface area contributed by atoms with Crippen LogP contribution in [0.15, 0.2) is 18.2 Å². The molecule has 0 aliphatic heterocycles. The highest BCUT2D eigenvalue weighted by atomic mass is 16.1. The molecular weight excluding hydrogens is 248 g/mol. The first-order chi connectivity index (χ1) is 9.58. The fraction of sp³-hybridized carbons (Fsp3) is 0.588. The second-order valence-electron chi connectivity index (χ2n) is 5.28. The van der Waals surface area contributed by atoms with Gasteiger partial charge in [-0.2, -0.15) is 0 Å². The summed E-state index contributed by atoms with van der Waals surface area (Å²) in [4.78, 5) is 14.4. The maximum atomic E-state index is 12.0. The van der Waals surface area contributed by atoms with E-state index in [0.717, 1.165) is 38.2 Å². The number of hydrogen-bond donors (Lipinski definition) is 1. The maximum absolute atomic E-state index is 12.0. The molecule has 1 N–H and O–H groups in total. The highest BCUT2D eigenvalue weighted by molar-refractivity contribution is 5.97. The van der Waals surface area contributed by atoms with Crippen molar-refractivity contribution in [2.75, 3.05) is 32.7 Å². The summed E-state index contributed by atoms with van der Waals surface area (Å²) in [5, 5.41) is 3.25. The molecule has 0 bridgehead atoms. The Balaban J connectivity index is 2.28. The fourth-order valence-corrected chi connectivity index (χ4v) is 2.19. The molecule has 0 spiro atoms. The van der Waals surface area contributed by atoms with E-state index in [1.54, 1.807) is 0 Å². The number of aryl methyl sites for hydroxylation is 2. The molecule has 0 aliphatic rings. The normalized spacial score (nSPS) is 11.1. The lowest BCUT2D eigenvalue weighted by molar-refractivity contribution is 0.0991. The second-order valence-corrected chi connectivity index (χ2v) is 5.28. The van der Waals surface area contributed by atoms with Crippen LogP contribution in [0.5, 0.6) is 0 Å². The summed E-state index contributed by atoms with van der Waals surface area (Å²) in [6.07, 6.45) is 1.09. The molecule has 0 fully saturated rings. The lowest BCUT2D eigenvalue weighted by Crippen LogP contribution is -2.29. The van der Waals surface area contributed by atoms with E-state index in [1.165, 1.54) is 11.1 Å². The van der Waals surface area contributed by atoms with Gasteiger partial charge in [-0.1, -0.05) is 26.0 Å². The van der Waals surface area contributed by atoms with Gasteiger partial charge >= 0.3 is 0 Å². The molecule has 0 atom stereocenters. The van der Waals surface area contributed by atoms with Crippen molar-refractivity contribution in [3.05, 3.63) is 34.9 Å². The predicted octanol–water partition coefficient (Wildman–Crippen LogP) is 2.81. The van der Waals surface area contributed by atoms with Crippen molar-refractivity contribution in [1.29, 1.82) is 0 Å². The van der Waals surface area contributed by atoms with E-state index < -0.39 is 0 Å². The molecule has 0 heterocycles. The van der Waals surface area contributed by atoms with Crippen LogP contribution in [0, 0.1) is 13.8 Å². The summed E-state index contributed by atoms with van der Waals surface area (Å²) < 4.78 is 0. The number of carbonyl (C=O) groups excluding carboxylic acids is 1. The van der Waals surface area contributed by atoms with Gasteiger partial charge in [0.2, 0.25) is 0 Å². The molecular formula is C17H28N2O. The number of rotatable bonds is 9. The summed E-state index contributed by atoms with van der Waals surface area (Å²) >= 11 is 0. The van der Waals surface area contributed by atoms with Gasteiger partial charge in [0.05, 0.1) is 6.54 Å². The SMILES string of the molecule is CCN(CC)CCCNCC(=O)c1ccc(C)c(C)c1. The van der Waals surface area contributed by atoms with Crippen molar-refractivity contribution in [1.82, 2.24) is 10.2 Å². The third-order valence-electron chi connectivity index (χ3n) is 3.84. The summed E-state index contributed by atoms with van der Waals surface area (Å²) in [5.41, 5.74) is 3.22. The van der Waals surface area contributed by atoms with Crippen LogP contribution in [0.2, 0.25) is 0 Å². The molecule has 3 heteroatoms. The average Bonchev–Trinajstić information content (AvgIpc) is 2.45. The molecule has 0 radical (unpaired) electrons. The van der Waals surface area contributed by atoms with Gasteiger partial charge in [-0.3, -0.25) is 4.79 Å². The monoisotopic (exact) mass is 276 g/mol. The van der Waals surface area contributed by atoms with Gasteiger partial charge in [0.1, 0.15) is 0 Å². The van der Waals surface area contributed by atoms with Crippen molar-refractivity contribution in [3.63, 3.8) is 0 Å². The van der Waals surface area contributed by atoms with Crippen LogP contribution in [0.4, 0.5) is 0 Å². The first-order valence-electron chi connectivity index (χ1n) is 7.62. The number of nitrogens with one attached hydrogen (secondary N) is 1. The molecule has 1 aromatic carbocycles. The number of Topliss-reactive ketones (excluding diaryl/α,β-unsaturated/α-hetero) is 1. The number of nitrogens with zero attached hydrogens (tertiary/aromatic N) is 1. The Morgan fingerprint density at radius 1 is 1.15 bits per heavy atom. The highest BCUT2D eigenvalue weighted by Crippen LogP contribution is 2.10. The topological polar surface area (TPSA) is 32.3 Å². The van der Waals surface area contributed by atoms with Crippen LogP contribution >= 0.6 is 0 Å². The Labute approximate surface area is 123 Å². The van der Waals surface area contributed by atoms with Gasteiger partial charge in [-0.15, -0.1) is 0 Å². The molecule has 112 valence electrons. The van der Waals surface area contributed by atoms with Crippen molar-refractivity contribution in [2.24, 2.45) is 0 Å². The van der Waals surface area contributed by atoms with E-state index >= 15 is 0 Å². The van der Waals surface area contributed by atoms with Crippen LogP contribution in [0.1, 0.15) is 41.8 Å². The van der Waals surface area contributed by atoms with Gasteiger partial charge in [0.25, 0.3) is 0 Å². The largest absolute Gasteiger partial charge is 0.310 e. The average molecular weight is 276 g/mol. The van der Waals surface area contributed by atoms with Crippen LogP contribution in [0.25, 0.3) is 0 Å². The molecule has 0 amide bonds. The third kappa shape index (κ3) is 5.43. The number of benzene rings is 1. The minimum Gasteiger partial charge on any atom is -0.310 e. The molecule has 1 aromatic rings. The molecule has 0 saturated carbocycles. The lowest BCUT2D eigenvalue weighted by atomic mass is 10.0. The smallest absolute Gasteiger partial charge is 0.176 e. The molecule has 20 heavy (non-hydrogen) atoms. The van der Waals surface area contributed by atoms with Crippen molar-refractivity contribution in [2.45, 2.75) is 34.1 Å². The van der Waals surface area contributed by atoms with E-state index in [1.807, 2.05) is 25.1 Å². The van der Waals surface area contributed by atoms with Gasteiger partial charge < -0.3 is 10.2 Å². The Kier molecular flexibility index (Phi) is 7.48. The van der Waals surface area contributed by atoms with Crippen LogP contribution in [-0.4, -0.2) is 43.4 Å². The van der Waals surface area contributed by atoms with Gasteiger partial charge in [0.15, 0.2) is 5.78 Å². The minimum atomic E-state index is 0.177. The van der Waals surface area contributed by atoms with Crippen LogP contribution in [-0.2, 0) is 0 Å². The third-order valence-corrected chi connectivity index (χ3v) is 3.84. The predicted molar refractivity (Wildman–Crippen MR) is 85.5 cm³/mol. The van der Waals surface area contributed by atoms with Gasteiger partial charge in [-0.05, 0) is 63.6 Å². The molecule has 0 unspecified atom stereocenters. The number of carbonyl (C=O) groups is 1. The quantitative estimate of drug-likeness (QED) is 0.556. The van der Waals surface area contributed by atoms with E-state index in [-0.39, 0.29) is 5.78 Å². The van der Waals surface area contributed by atoms with Gasteiger partial charge in [0, 0.05) is 5.56 Å². The number of hydrogen-bond acceptors (Lipinski definition) is 3. The Bertz CT molecular complexity index is 425. The number of ketones is 1. The summed E-state index contributed by atoms with van der Waals surface area (Å²) in [6, 6.07) is 5.92. The van der Waals surface area contributed by atoms with Crippen molar-refractivity contribution < 1.29 is 4.79 Å². The van der Waals surface area contributed by atoms with Crippen LogP contribution in [0.3, 0.4) is 0 Å². The molecule has 0 aromatic heterocycles. The summed E-state index contributed by atoms with van der Waals surface area (Å²) in [5.74, 6) is 0.177. The fourth-order valence-electron chi connectivity index (χ4n) is 2.19. The minimum absolute atomic E-state index is 0.177. The van der Waals surface area contributed by atoms with Crippen molar-refractivity contribution in [3.8, 4) is 0 Å². The summed E-state index contributed by atoms with van der Waals surface area (Å²) in [7, 11) is 0. The second kappa shape index (κ2) is 8.88. The standard InChI is InChI=1S/C17H28N2O/c1-5-19(6-2)11-7-10-18-13-17(20)16-9-8-14(3)15(4)12-16/h8-9,12,18H,5-7,10-11,13H2,1-4H3. The molecule has 0 aliphatic carbocycles. The van der Waals surface area contributed by atoms with Gasteiger partial charge in [-0.25, -0.2) is 0 Å². The Hall–Kier alpha value is -1.19. The first kappa shape index (κ1) is 16.9. The Morgan fingerprint density at radius 2 is 1.85 bits per heavy atom. The molecule has 0 saturated heterocycles. The van der Waals surface area contributed by atoms with E-state index in [0.29, 0.717) is 6.54 Å². The first-order valence-corrected chi connectivity index (χ1v) is 7.62. The molecule has 1 rings (SSSR count). The summed E-state index contributed by atoms with van der Waals surface area (Å²) in [6.45, 7) is 13.1. The highest BCUT2D eigenvalue weighted by Gasteiger charge is 2.06. The van der Waals surface area contributed by atoms with E-state index in [2.05, 4.69) is 31.0 Å². The molecule has 3 nitrogen and oxygen atoms in total. The maximum Gasteiger partial charge on any atom is 0.176 e. The van der Waals surface area contributed by atoms with Crippen LogP contribution < -0.4 is 5.32 Å².